The van der Waals surface area contributed by atoms with Gasteiger partial charge in [-0.25, -0.2) is 0 Å². The monoisotopic (exact) mass is 277 g/mol. The van der Waals surface area contributed by atoms with Crippen LogP contribution in [-0.4, -0.2) is 16.2 Å². The number of rotatable bonds is 6. The molecule has 1 aromatic carbocycles. The van der Waals surface area contributed by atoms with Crippen LogP contribution in [0.5, 0.6) is 5.75 Å². The number of carbonyl (C=O) groups is 1. The summed E-state index contributed by atoms with van der Waals surface area (Å²) in [7, 11) is 0. The highest BCUT2D eigenvalue weighted by Crippen LogP contribution is 2.22. The van der Waals surface area contributed by atoms with Crippen molar-refractivity contribution in [3.8, 4) is 5.75 Å². The Balaban J connectivity index is 2.02. The van der Waals surface area contributed by atoms with Crippen LogP contribution in [0, 0.1) is 0 Å². The molecule has 19 heavy (non-hydrogen) atoms. The predicted molar refractivity (Wildman–Crippen MR) is 74.3 cm³/mol. The number of phenols is 1. The van der Waals surface area contributed by atoms with E-state index in [1.807, 2.05) is 23.6 Å². The number of phenolic OH excluding ortho intramolecular Hbond substituents is 1. The Hall–Kier alpha value is -1.85. The van der Waals surface area contributed by atoms with Gasteiger partial charge in [0, 0.05) is 11.4 Å². The van der Waals surface area contributed by atoms with Crippen molar-refractivity contribution in [3.63, 3.8) is 0 Å². The van der Waals surface area contributed by atoms with Crippen molar-refractivity contribution in [2.75, 3.05) is 0 Å². The molecule has 0 aliphatic heterocycles. The van der Waals surface area contributed by atoms with Gasteiger partial charge >= 0.3 is 5.97 Å². The van der Waals surface area contributed by atoms with E-state index in [0.717, 1.165) is 10.4 Å². The van der Waals surface area contributed by atoms with Gasteiger partial charge in [-0.3, -0.25) is 4.79 Å². The van der Waals surface area contributed by atoms with Gasteiger partial charge in [0.15, 0.2) is 0 Å². The Morgan fingerprint density at radius 3 is 2.79 bits per heavy atom. The lowest BCUT2D eigenvalue weighted by Crippen LogP contribution is -2.22. The maximum atomic E-state index is 10.9. The molecule has 4 nitrogen and oxygen atoms in total. The van der Waals surface area contributed by atoms with Crippen LogP contribution >= 0.6 is 11.3 Å². The van der Waals surface area contributed by atoms with Gasteiger partial charge in [0.05, 0.1) is 12.5 Å². The number of aliphatic carboxylic acids is 1. The molecule has 3 N–H and O–H groups in total. The third-order valence-electron chi connectivity index (χ3n) is 2.73. The first-order valence-electron chi connectivity index (χ1n) is 5.91. The summed E-state index contributed by atoms with van der Waals surface area (Å²) < 4.78 is 0. The van der Waals surface area contributed by atoms with Gasteiger partial charge < -0.3 is 15.5 Å². The highest BCUT2D eigenvalue weighted by atomic mass is 32.1. The molecule has 0 saturated carbocycles. The van der Waals surface area contributed by atoms with Crippen molar-refractivity contribution < 1.29 is 15.0 Å². The summed E-state index contributed by atoms with van der Waals surface area (Å²) in [5.41, 5.74) is 0.923. The van der Waals surface area contributed by atoms with E-state index in [9.17, 15) is 9.90 Å². The van der Waals surface area contributed by atoms with Gasteiger partial charge in [0.2, 0.25) is 0 Å². The topological polar surface area (TPSA) is 69.6 Å². The number of benzene rings is 1. The Labute approximate surface area is 115 Å². The van der Waals surface area contributed by atoms with Crippen molar-refractivity contribution in [3.05, 3.63) is 52.2 Å². The van der Waals surface area contributed by atoms with Crippen LogP contribution in [0.25, 0.3) is 0 Å². The van der Waals surface area contributed by atoms with Crippen molar-refractivity contribution in [1.82, 2.24) is 5.32 Å². The summed E-state index contributed by atoms with van der Waals surface area (Å²) in [5.74, 6) is -0.619. The number of aromatic hydroxyl groups is 1. The molecular formula is C14H15NO3S. The van der Waals surface area contributed by atoms with E-state index in [4.69, 9.17) is 5.11 Å². The number of thiophene rings is 1. The van der Waals surface area contributed by atoms with E-state index < -0.39 is 5.97 Å². The van der Waals surface area contributed by atoms with Crippen LogP contribution in [0.3, 0.4) is 0 Å². The lowest BCUT2D eigenvalue weighted by molar-refractivity contribution is -0.137. The van der Waals surface area contributed by atoms with Gasteiger partial charge in [-0.1, -0.05) is 18.2 Å². The fourth-order valence-electron chi connectivity index (χ4n) is 1.84. The number of hydrogen-bond acceptors (Lipinski definition) is 4. The molecule has 0 bridgehead atoms. The molecule has 0 spiro atoms. The smallest absolute Gasteiger partial charge is 0.305 e. The van der Waals surface area contributed by atoms with E-state index >= 15 is 0 Å². The molecule has 0 saturated heterocycles. The molecule has 1 heterocycles. The fraction of sp³-hybridized carbons (Fsp3) is 0.214. The third-order valence-corrected chi connectivity index (χ3v) is 3.71. The van der Waals surface area contributed by atoms with E-state index in [-0.39, 0.29) is 18.2 Å². The second-order valence-electron chi connectivity index (χ2n) is 4.22. The molecule has 2 aromatic rings. The minimum absolute atomic E-state index is 0.0410. The van der Waals surface area contributed by atoms with Crippen LogP contribution in [0.1, 0.15) is 22.9 Å². The summed E-state index contributed by atoms with van der Waals surface area (Å²) in [6, 6.07) is 10.6. The number of nitrogens with one attached hydrogen (secondary N) is 1. The third kappa shape index (κ3) is 4.08. The fourth-order valence-corrected chi connectivity index (χ4v) is 2.65. The molecular weight excluding hydrogens is 262 g/mol. The maximum Gasteiger partial charge on any atom is 0.305 e. The zero-order valence-electron chi connectivity index (χ0n) is 10.2. The van der Waals surface area contributed by atoms with Gasteiger partial charge in [-0.2, -0.15) is 0 Å². The minimum Gasteiger partial charge on any atom is -0.508 e. The standard InChI is InChI=1S/C14H15NO3S/c16-11-4-1-3-10(7-11)9-15-12(8-14(17)18)13-5-2-6-19-13/h1-7,12,15-16H,8-9H2,(H,17,18). The second-order valence-corrected chi connectivity index (χ2v) is 5.20. The van der Waals surface area contributed by atoms with Crippen molar-refractivity contribution in [2.24, 2.45) is 0 Å². The zero-order chi connectivity index (χ0) is 13.7. The molecule has 1 unspecified atom stereocenters. The van der Waals surface area contributed by atoms with Gasteiger partial charge in [0.1, 0.15) is 5.75 Å². The summed E-state index contributed by atoms with van der Waals surface area (Å²) >= 11 is 1.54. The lowest BCUT2D eigenvalue weighted by Gasteiger charge is -2.15. The first-order valence-corrected chi connectivity index (χ1v) is 6.79. The predicted octanol–water partition coefficient (Wildman–Crippen LogP) is 2.76. The summed E-state index contributed by atoms with van der Waals surface area (Å²) in [5, 5.41) is 23.5. The molecule has 1 aromatic heterocycles. The molecule has 2 rings (SSSR count). The van der Waals surface area contributed by atoms with Gasteiger partial charge in [-0.05, 0) is 29.1 Å². The number of carboxylic acids is 1. The molecule has 0 aliphatic rings. The Bertz CT molecular complexity index is 539. The normalized spacial score (nSPS) is 12.2. The average Bonchev–Trinajstić information content (AvgIpc) is 2.88. The minimum atomic E-state index is -0.832. The zero-order valence-corrected chi connectivity index (χ0v) is 11.1. The van der Waals surface area contributed by atoms with Crippen LogP contribution < -0.4 is 5.32 Å². The molecule has 5 heteroatoms. The van der Waals surface area contributed by atoms with E-state index in [0.29, 0.717) is 6.54 Å². The molecule has 0 fully saturated rings. The summed E-state index contributed by atoms with van der Waals surface area (Å²) in [4.78, 5) is 11.9. The number of carboxylic acid groups (broad SMARTS) is 1. The first kappa shape index (κ1) is 13.6. The Kier molecular flexibility index (Phi) is 4.54. The van der Waals surface area contributed by atoms with E-state index in [1.54, 1.807) is 18.2 Å². The SMILES string of the molecule is O=C(O)CC(NCc1cccc(O)c1)c1cccs1. The maximum absolute atomic E-state index is 10.9. The van der Waals surface area contributed by atoms with Crippen molar-refractivity contribution in [1.29, 1.82) is 0 Å². The lowest BCUT2D eigenvalue weighted by atomic mass is 10.1. The summed E-state index contributed by atoms with van der Waals surface area (Å²) in [6.07, 6.45) is 0.0410. The van der Waals surface area contributed by atoms with E-state index in [1.165, 1.54) is 11.3 Å². The molecule has 1 atom stereocenters. The van der Waals surface area contributed by atoms with Crippen LogP contribution in [-0.2, 0) is 11.3 Å². The molecule has 0 amide bonds. The Morgan fingerprint density at radius 2 is 2.16 bits per heavy atom. The van der Waals surface area contributed by atoms with Gasteiger partial charge in [-0.15, -0.1) is 11.3 Å². The van der Waals surface area contributed by atoms with Crippen LogP contribution in [0.2, 0.25) is 0 Å². The Morgan fingerprint density at radius 1 is 1.32 bits per heavy atom. The van der Waals surface area contributed by atoms with E-state index in [2.05, 4.69) is 5.32 Å². The van der Waals surface area contributed by atoms with Crippen molar-refractivity contribution in [2.45, 2.75) is 19.0 Å². The number of hydrogen-bond donors (Lipinski definition) is 3. The molecule has 100 valence electrons. The highest BCUT2D eigenvalue weighted by Gasteiger charge is 2.15. The van der Waals surface area contributed by atoms with Gasteiger partial charge in [0.25, 0.3) is 0 Å². The quantitative estimate of drug-likeness (QED) is 0.759. The highest BCUT2D eigenvalue weighted by molar-refractivity contribution is 7.10. The van der Waals surface area contributed by atoms with Crippen LogP contribution in [0.4, 0.5) is 0 Å². The molecule has 0 aliphatic carbocycles. The van der Waals surface area contributed by atoms with Crippen molar-refractivity contribution >= 4 is 17.3 Å². The summed E-state index contributed by atoms with van der Waals surface area (Å²) in [6.45, 7) is 0.518. The second kappa shape index (κ2) is 6.36. The van der Waals surface area contributed by atoms with Crippen LogP contribution in [0.15, 0.2) is 41.8 Å². The average molecular weight is 277 g/mol. The largest absolute Gasteiger partial charge is 0.508 e. The first-order chi connectivity index (χ1) is 9.15. The molecule has 0 radical (unpaired) electrons.